The van der Waals surface area contributed by atoms with Crippen molar-refractivity contribution >= 4 is 23.6 Å². The number of methoxy groups -OCH3 is 2. The second-order valence-corrected chi connectivity index (χ2v) is 9.77. The number of amides is 4. The Bertz CT molecular complexity index is 872. The Morgan fingerprint density at radius 2 is 1.49 bits per heavy atom. The molecular formula is C25H40N4O6. The normalized spacial score (nSPS) is 12.8. The van der Waals surface area contributed by atoms with Crippen LogP contribution in [-0.2, 0) is 20.9 Å². The summed E-state index contributed by atoms with van der Waals surface area (Å²) in [7, 11) is 3.03. The minimum atomic E-state index is -1.02. The van der Waals surface area contributed by atoms with E-state index in [-0.39, 0.29) is 18.9 Å². The van der Waals surface area contributed by atoms with E-state index >= 15 is 0 Å². The van der Waals surface area contributed by atoms with E-state index in [0.29, 0.717) is 23.5 Å². The fourth-order valence-corrected chi connectivity index (χ4v) is 3.26. The lowest BCUT2D eigenvalue weighted by molar-refractivity contribution is -0.140. The Morgan fingerprint density at radius 1 is 0.914 bits per heavy atom. The lowest BCUT2D eigenvalue weighted by Crippen LogP contribution is -2.57. The van der Waals surface area contributed by atoms with Gasteiger partial charge in [-0.25, -0.2) is 4.79 Å². The first-order valence-electron chi connectivity index (χ1n) is 11.7. The summed E-state index contributed by atoms with van der Waals surface area (Å²) < 4.78 is 10.4. The number of carbonyl (C=O) groups is 4. The van der Waals surface area contributed by atoms with Crippen molar-refractivity contribution in [1.82, 2.24) is 21.3 Å². The van der Waals surface area contributed by atoms with Gasteiger partial charge >= 0.3 is 6.03 Å². The molecule has 0 heterocycles. The van der Waals surface area contributed by atoms with Crippen molar-refractivity contribution in [3.8, 4) is 11.5 Å². The molecule has 0 bridgehead atoms. The quantitative estimate of drug-likeness (QED) is 0.331. The summed E-state index contributed by atoms with van der Waals surface area (Å²) in [5, 5.41) is 10.6. The van der Waals surface area contributed by atoms with Crippen molar-refractivity contribution in [2.75, 3.05) is 14.2 Å². The molecule has 0 aromatic heterocycles. The van der Waals surface area contributed by atoms with Gasteiger partial charge in [0.05, 0.1) is 20.3 Å². The maximum Gasteiger partial charge on any atom is 0.315 e. The molecule has 35 heavy (non-hydrogen) atoms. The monoisotopic (exact) mass is 492 g/mol. The fraction of sp³-hybridized carbons (Fsp3) is 0.600. The van der Waals surface area contributed by atoms with E-state index < -0.39 is 41.3 Å². The van der Waals surface area contributed by atoms with Gasteiger partial charge in [0.15, 0.2) is 0 Å². The largest absolute Gasteiger partial charge is 0.497 e. The van der Waals surface area contributed by atoms with Gasteiger partial charge in [0.1, 0.15) is 17.5 Å². The summed E-state index contributed by atoms with van der Waals surface area (Å²) in [6.45, 7) is 11.1. The molecule has 0 fully saturated rings. The highest BCUT2D eigenvalue weighted by Crippen LogP contribution is 2.22. The van der Waals surface area contributed by atoms with Crippen molar-refractivity contribution in [1.29, 1.82) is 0 Å². The van der Waals surface area contributed by atoms with Gasteiger partial charge in [0, 0.05) is 18.2 Å². The van der Waals surface area contributed by atoms with Gasteiger partial charge in [0.2, 0.25) is 11.7 Å². The Labute approximate surface area is 207 Å². The molecule has 0 aliphatic rings. The van der Waals surface area contributed by atoms with Gasteiger partial charge in [-0.05, 0) is 57.2 Å². The maximum absolute atomic E-state index is 12.9. The smallest absolute Gasteiger partial charge is 0.315 e. The standard InChI is InChI=1S/C25H40N4O6/c1-9-19(27-22(31)20(10-15(2)3)28-24(33)29-25(4,5)6)21(30)23(32)26-14-16-11-17(34-7)13-18(12-16)35-8/h11-13,15,19-20H,9-10,14H2,1-8H3,(H,26,32)(H,27,31)(H2,28,29,33). The molecule has 1 rings (SSSR count). The first kappa shape index (κ1) is 29.7. The molecule has 10 heteroatoms. The van der Waals surface area contributed by atoms with Gasteiger partial charge in [0.25, 0.3) is 5.91 Å². The van der Waals surface area contributed by atoms with Crippen LogP contribution in [0.4, 0.5) is 4.79 Å². The Morgan fingerprint density at radius 3 is 1.94 bits per heavy atom. The molecule has 4 amide bonds. The van der Waals surface area contributed by atoms with Crippen molar-refractivity contribution < 1.29 is 28.7 Å². The van der Waals surface area contributed by atoms with Crippen LogP contribution in [0.3, 0.4) is 0 Å². The molecule has 1 aromatic rings. The van der Waals surface area contributed by atoms with Crippen molar-refractivity contribution in [3.63, 3.8) is 0 Å². The molecule has 0 aliphatic heterocycles. The van der Waals surface area contributed by atoms with E-state index in [4.69, 9.17) is 9.47 Å². The van der Waals surface area contributed by atoms with Crippen LogP contribution in [0.5, 0.6) is 11.5 Å². The van der Waals surface area contributed by atoms with Crippen molar-refractivity contribution in [2.24, 2.45) is 5.92 Å². The minimum absolute atomic E-state index is 0.0764. The van der Waals surface area contributed by atoms with Gasteiger partial charge in [-0.3, -0.25) is 14.4 Å². The number of ether oxygens (including phenoxy) is 2. The summed E-state index contributed by atoms with van der Waals surface area (Å²) in [5.41, 5.74) is 0.209. The number of hydrogen-bond acceptors (Lipinski definition) is 6. The molecule has 0 saturated heterocycles. The van der Waals surface area contributed by atoms with Crippen LogP contribution in [0.25, 0.3) is 0 Å². The van der Waals surface area contributed by atoms with E-state index in [9.17, 15) is 19.2 Å². The highest BCUT2D eigenvalue weighted by molar-refractivity contribution is 6.38. The first-order valence-corrected chi connectivity index (χ1v) is 11.7. The number of ketones is 1. The number of Topliss-reactive ketones (excluding diaryl/α,β-unsaturated/α-hetero) is 1. The van der Waals surface area contributed by atoms with Gasteiger partial charge in [-0.15, -0.1) is 0 Å². The molecule has 196 valence electrons. The molecule has 0 aliphatic carbocycles. The van der Waals surface area contributed by atoms with Gasteiger partial charge in [-0.1, -0.05) is 20.8 Å². The summed E-state index contributed by atoms with van der Waals surface area (Å²) >= 11 is 0. The first-order chi connectivity index (χ1) is 16.3. The van der Waals surface area contributed by atoms with Crippen LogP contribution >= 0.6 is 0 Å². The average molecular weight is 493 g/mol. The summed E-state index contributed by atoms with van der Waals surface area (Å²) in [6, 6.07) is 2.77. The van der Waals surface area contributed by atoms with Crippen molar-refractivity contribution in [2.45, 2.75) is 78.6 Å². The molecule has 0 spiro atoms. The second kappa shape index (κ2) is 13.6. The number of hydrogen-bond donors (Lipinski definition) is 4. The molecule has 0 radical (unpaired) electrons. The van der Waals surface area contributed by atoms with Crippen LogP contribution in [0.2, 0.25) is 0 Å². The Hall–Kier alpha value is -3.30. The SMILES string of the molecule is CCC(NC(=O)C(CC(C)C)NC(=O)NC(C)(C)C)C(=O)C(=O)NCc1cc(OC)cc(OC)c1. The zero-order chi connectivity index (χ0) is 26.8. The average Bonchev–Trinajstić information content (AvgIpc) is 2.77. The third-order valence-corrected chi connectivity index (χ3v) is 4.95. The fourth-order valence-electron chi connectivity index (χ4n) is 3.26. The molecule has 10 nitrogen and oxygen atoms in total. The third-order valence-electron chi connectivity index (χ3n) is 4.95. The molecule has 2 atom stereocenters. The Kier molecular flexibility index (Phi) is 11.5. The molecule has 0 saturated carbocycles. The van der Waals surface area contributed by atoms with Crippen LogP contribution in [0.15, 0.2) is 18.2 Å². The number of benzene rings is 1. The predicted octanol–water partition coefficient (Wildman–Crippen LogP) is 2.30. The second-order valence-electron chi connectivity index (χ2n) is 9.77. The maximum atomic E-state index is 12.9. The molecule has 1 aromatic carbocycles. The number of carbonyl (C=O) groups excluding carboxylic acids is 4. The molecular weight excluding hydrogens is 452 g/mol. The lowest BCUT2D eigenvalue weighted by atomic mass is 10.0. The van der Waals surface area contributed by atoms with Crippen LogP contribution in [-0.4, -0.2) is 55.5 Å². The van der Waals surface area contributed by atoms with E-state index in [1.165, 1.54) is 14.2 Å². The van der Waals surface area contributed by atoms with Crippen LogP contribution < -0.4 is 30.7 Å². The zero-order valence-corrected chi connectivity index (χ0v) is 22.0. The van der Waals surface area contributed by atoms with E-state index in [1.54, 1.807) is 25.1 Å². The Balaban J connectivity index is 2.83. The zero-order valence-electron chi connectivity index (χ0n) is 22.0. The van der Waals surface area contributed by atoms with Crippen molar-refractivity contribution in [3.05, 3.63) is 23.8 Å². The van der Waals surface area contributed by atoms with E-state index in [1.807, 2.05) is 34.6 Å². The summed E-state index contributed by atoms with van der Waals surface area (Å²) in [5.74, 6) is -0.889. The van der Waals surface area contributed by atoms with Crippen LogP contribution in [0, 0.1) is 5.92 Å². The van der Waals surface area contributed by atoms with E-state index in [2.05, 4.69) is 21.3 Å². The summed E-state index contributed by atoms with van der Waals surface area (Å²) in [6.07, 6.45) is 0.589. The highest BCUT2D eigenvalue weighted by atomic mass is 16.5. The topological polar surface area (TPSA) is 135 Å². The van der Waals surface area contributed by atoms with Gasteiger partial charge < -0.3 is 30.7 Å². The number of nitrogens with one attached hydrogen (secondary N) is 4. The lowest BCUT2D eigenvalue weighted by Gasteiger charge is -2.26. The summed E-state index contributed by atoms with van der Waals surface area (Å²) in [4.78, 5) is 50.5. The van der Waals surface area contributed by atoms with Crippen LogP contribution in [0.1, 0.15) is 59.9 Å². The number of rotatable bonds is 12. The van der Waals surface area contributed by atoms with Gasteiger partial charge in [-0.2, -0.15) is 0 Å². The number of urea groups is 1. The predicted molar refractivity (Wildman–Crippen MR) is 133 cm³/mol. The molecule has 4 N–H and O–H groups in total. The molecule has 2 unspecified atom stereocenters. The third kappa shape index (κ3) is 10.7. The highest BCUT2D eigenvalue weighted by Gasteiger charge is 2.30. The van der Waals surface area contributed by atoms with E-state index in [0.717, 1.165) is 0 Å². The minimum Gasteiger partial charge on any atom is -0.497 e.